The Bertz CT molecular complexity index is 347. The van der Waals surface area contributed by atoms with Gasteiger partial charge in [0.15, 0.2) is 5.96 Å². The lowest BCUT2D eigenvalue weighted by Crippen LogP contribution is -2.38. The molecular weight excluding hydrogens is 403 g/mol. The smallest absolute Gasteiger partial charge is 0.222 e. The monoisotopic (exact) mass is 438 g/mol. The Morgan fingerprint density at radius 3 is 2.74 bits per heavy atom. The van der Waals surface area contributed by atoms with E-state index < -0.39 is 0 Å². The van der Waals surface area contributed by atoms with Crippen LogP contribution in [0.1, 0.15) is 59.3 Å². The van der Waals surface area contributed by atoms with Crippen molar-refractivity contribution in [2.75, 3.05) is 32.7 Å². The molecule has 0 saturated carbocycles. The number of nitrogens with one attached hydrogen (secondary N) is 2. The number of guanidine groups is 1. The van der Waals surface area contributed by atoms with E-state index in [9.17, 15) is 4.79 Å². The molecular formula is C17H35IN4O. The summed E-state index contributed by atoms with van der Waals surface area (Å²) in [6, 6.07) is 0. The minimum atomic E-state index is 0. The second-order valence-corrected chi connectivity index (χ2v) is 6.41. The zero-order valence-electron chi connectivity index (χ0n) is 15.1. The van der Waals surface area contributed by atoms with Crippen LogP contribution in [0.15, 0.2) is 4.99 Å². The summed E-state index contributed by atoms with van der Waals surface area (Å²) in [6.07, 6.45) is 6.19. The summed E-state index contributed by atoms with van der Waals surface area (Å²) in [5, 5.41) is 6.64. The number of rotatable bonds is 8. The zero-order chi connectivity index (χ0) is 16.2. The van der Waals surface area contributed by atoms with E-state index in [-0.39, 0.29) is 24.0 Å². The maximum atomic E-state index is 11.9. The molecule has 1 heterocycles. The predicted molar refractivity (Wildman–Crippen MR) is 109 cm³/mol. The van der Waals surface area contributed by atoms with Crippen molar-refractivity contribution >= 4 is 35.8 Å². The van der Waals surface area contributed by atoms with Gasteiger partial charge in [0.25, 0.3) is 0 Å². The van der Waals surface area contributed by atoms with Gasteiger partial charge >= 0.3 is 0 Å². The van der Waals surface area contributed by atoms with Gasteiger partial charge in [-0.05, 0) is 38.5 Å². The summed E-state index contributed by atoms with van der Waals surface area (Å²) in [5.74, 6) is 1.92. The molecule has 0 radical (unpaired) electrons. The maximum absolute atomic E-state index is 11.9. The summed E-state index contributed by atoms with van der Waals surface area (Å²) >= 11 is 0. The van der Waals surface area contributed by atoms with Gasteiger partial charge < -0.3 is 15.5 Å². The van der Waals surface area contributed by atoms with Crippen LogP contribution in [0.3, 0.4) is 0 Å². The van der Waals surface area contributed by atoms with Crippen molar-refractivity contribution in [2.45, 2.75) is 59.3 Å². The van der Waals surface area contributed by atoms with E-state index in [4.69, 9.17) is 0 Å². The quantitative estimate of drug-likeness (QED) is 0.265. The normalized spacial score (nSPS) is 16.1. The van der Waals surface area contributed by atoms with E-state index in [2.05, 4.69) is 36.4 Å². The molecule has 1 amide bonds. The van der Waals surface area contributed by atoms with Crippen LogP contribution < -0.4 is 10.6 Å². The van der Waals surface area contributed by atoms with Crippen molar-refractivity contribution in [3.05, 3.63) is 0 Å². The molecule has 1 saturated heterocycles. The van der Waals surface area contributed by atoms with E-state index in [1.54, 1.807) is 0 Å². The highest BCUT2D eigenvalue weighted by atomic mass is 127. The first-order valence-electron chi connectivity index (χ1n) is 8.93. The number of carbonyl (C=O) groups excluding carboxylic acids is 1. The van der Waals surface area contributed by atoms with Gasteiger partial charge in [0.1, 0.15) is 0 Å². The number of aliphatic imine (C=N–C) groups is 1. The van der Waals surface area contributed by atoms with E-state index in [1.807, 2.05) is 4.90 Å². The topological polar surface area (TPSA) is 56.7 Å². The van der Waals surface area contributed by atoms with Crippen LogP contribution in [0.25, 0.3) is 0 Å². The number of halogens is 1. The van der Waals surface area contributed by atoms with Crippen molar-refractivity contribution in [3.63, 3.8) is 0 Å². The van der Waals surface area contributed by atoms with Crippen LogP contribution in [-0.4, -0.2) is 49.5 Å². The Kier molecular flexibility index (Phi) is 13.5. The molecule has 0 aromatic rings. The van der Waals surface area contributed by atoms with Crippen LogP contribution in [0, 0.1) is 5.92 Å². The third-order valence-electron chi connectivity index (χ3n) is 3.89. The summed E-state index contributed by atoms with van der Waals surface area (Å²) in [5.41, 5.74) is 0. The average Bonchev–Trinajstić information content (AvgIpc) is 2.68. The summed E-state index contributed by atoms with van der Waals surface area (Å²) in [4.78, 5) is 18.5. The summed E-state index contributed by atoms with van der Waals surface area (Å²) in [6.45, 7) is 10.9. The molecule has 0 spiro atoms. The zero-order valence-corrected chi connectivity index (χ0v) is 17.4. The molecule has 5 nitrogen and oxygen atoms in total. The average molecular weight is 438 g/mol. The minimum absolute atomic E-state index is 0. The molecule has 0 aromatic carbocycles. The van der Waals surface area contributed by atoms with Gasteiger partial charge in [-0.3, -0.25) is 9.79 Å². The van der Waals surface area contributed by atoms with E-state index >= 15 is 0 Å². The lowest BCUT2D eigenvalue weighted by molar-refractivity contribution is -0.130. The third kappa shape index (κ3) is 10.8. The highest BCUT2D eigenvalue weighted by Crippen LogP contribution is 2.11. The molecule has 0 bridgehead atoms. The number of hydrogen-bond acceptors (Lipinski definition) is 2. The molecule has 2 N–H and O–H groups in total. The van der Waals surface area contributed by atoms with Gasteiger partial charge in [-0.1, -0.05) is 20.3 Å². The first kappa shape index (κ1) is 22.5. The Morgan fingerprint density at radius 1 is 1.26 bits per heavy atom. The van der Waals surface area contributed by atoms with Crippen LogP contribution in [0.5, 0.6) is 0 Å². The van der Waals surface area contributed by atoms with Crippen molar-refractivity contribution in [1.82, 2.24) is 15.5 Å². The number of hydrogen-bond donors (Lipinski definition) is 2. The van der Waals surface area contributed by atoms with Gasteiger partial charge in [-0.15, -0.1) is 24.0 Å². The van der Waals surface area contributed by atoms with Gasteiger partial charge in [0.05, 0.1) is 0 Å². The molecule has 1 rings (SSSR count). The molecule has 23 heavy (non-hydrogen) atoms. The van der Waals surface area contributed by atoms with Gasteiger partial charge in [0, 0.05) is 39.1 Å². The van der Waals surface area contributed by atoms with E-state index in [1.165, 1.54) is 6.42 Å². The van der Waals surface area contributed by atoms with Gasteiger partial charge in [-0.25, -0.2) is 0 Å². The molecule has 0 unspecified atom stereocenters. The van der Waals surface area contributed by atoms with Crippen LogP contribution in [0.4, 0.5) is 0 Å². The molecule has 1 aliphatic heterocycles. The number of amides is 1. The number of carbonyl (C=O) groups is 1. The molecule has 6 heteroatoms. The van der Waals surface area contributed by atoms with Crippen molar-refractivity contribution < 1.29 is 4.79 Å². The third-order valence-corrected chi connectivity index (χ3v) is 3.89. The molecule has 1 aliphatic rings. The highest BCUT2D eigenvalue weighted by Gasteiger charge is 2.15. The predicted octanol–water partition coefficient (Wildman–Crippen LogP) is 3.00. The lowest BCUT2D eigenvalue weighted by Gasteiger charge is -2.20. The Balaban J connectivity index is 0.00000484. The second kappa shape index (κ2) is 13.9. The van der Waals surface area contributed by atoms with Crippen molar-refractivity contribution in [2.24, 2.45) is 10.9 Å². The fourth-order valence-electron chi connectivity index (χ4n) is 2.55. The highest BCUT2D eigenvalue weighted by molar-refractivity contribution is 14.0. The SMILES string of the molecule is CCNC(=NCCCN1CCCCCC1=O)NCCC(C)C.I. The Labute approximate surface area is 159 Å². The summed E-state index contributed by atoms with van der Waals surface area (Å²) < 4.78 is 0. The van der Waals surface area contributed by atoms with Crippen molar-refractivity contribution in [1.29, 1.82) is 0 Å². The fraction of sp³-hybridized carbons (Fsp3) is 0.882. The first-order chi connectivity index (χ1) is 10.6. The van der Waals surface area contributed by atoms with Gasteiger partial charge in [-0.2, -0.15) is 0 Å². The largest absolute Gasteiger partial charge is 0.357 e. The second-order valence-electron chi connectivity index (χ2n) is 6.41. The van der Waals surface area contributed by atoms with E-state index in [0.29, 0.717) is 11.8 Å². The summed E-state index contributed by atoms with van der Waals surface area (Å²) in [7, 11) is 0. The molecule has 0 aliphatic carbocycles. The number of likely N-dealkylation sites (tertiary alicyclic amines) is 1. The number of nitrogens with zero attached hydrogens (tertiary/aromatic N) is 2. The van der Waals surface area contributed by atoms with Crippen LogP contribution in [-0.2, 0) is 4.79 Å². The Hall–Kier alpha value is -0.530. The Morgan fingerprint density at radius 2 is 2.04 bits per heavy atom. The standard InChI is InChI=1S/C17H34N4O.HI/c1-4-18-17(20-12-10-15(2)3)19-11-8-14-21-13-7-5-6-9-16(21)22;/h15H,4-14H2,1-3H3,(H2,18,19,20);1H. The fourth-order valence-corrected chi connectivity index (χ4v) is 2.55. The first-order valence-corrected chi connectivity index (χ1v) is 8.93. The maximum Gasteiger partial charge on any atom is 0.222 e. The van der Waals surface area contributed by atoms with Crippen LogP contribution >= 0.6 is 24.0 Å². The lowest BCUT2D eigenvalue weighted by atomic mass is 10.1. The minimum Gasteiger partial charge on any atom is -0.357 e. The van der Waals surface area contributed by atoms with Gasteiger partial charge in [0.2, 0.25) is 5.91 Å². The van der Waals surface area contributed by atoms with Crippen molar-refractivity contribution in [3.8, 4) is 0 Å². The van der Waals surface area contributed by atoms with Crippen LogP contribution in [0.2, 0.25) is 0 Å². The molecule has 0 atom stereocenters. The molecule has 0 aromatic heterocycles. The molecule has 136 valence electrons. The molecule has 1 fully saturated rings. The van der Waals surface area contributed by atoms with E-state index in [0.717, 1.165) is 70.8 Å².